The summed E-state index contributed by atoms with van der Waals surface area (Å²) in [4.78, 5) is -1.48. The van der Waals surface area contributed by atoms with Crippen LogP contribution in [-0.2, 0) is 13.7 Å². The zero-order chi connectivity index (χ0) is 21.0. The SMILES string of the molecule is O=S(=O)(OS1(C(F)(F)F)C(c2ccccc2)=Cc2ccc(Cl)cc21)C(F)(F)F. The summed E-state index contributed by atoms with van der Waals surface area (Å²) < 4.78 is 109. The van der Waals surface area contributed by atoms with Crippen LogP contribution in [0, 0.1) is 0 Å². The van der Waals surface area contributed by atoms with E-state index < -0.39 is 41.2 Å². The van der Waals surface area contributed by atoms with Crippen molar-refractivity contribution in [3.63, 3.8) is 0 Å². The van der Waals surface area contributed by atoms with Crippen LogP contribution >= 0.6 is 21.9 Å². The molecule has 152 valence electrons. The van der Waals surface area contributed by atoms with Gasteiger partial charge in [-0.2, -0.15) is 38.4 Å². The van der Waals surface area contributed by atoms with E-state index in [2.05, 4.69) is 3.63 Å². The highest BCUT2D eigenvalue weighted by Gasteiger charge is 2.64. The van der Waals surface area contributed by atoms with Gasteiger partial charge in [-0.25, -0.2) is 0 Å². The first-order chi connectivity index (χ1) is 12.8. The number of rotatable bonds is 3. The molecule has 3 rings (SSSR count). The molecule has 3 nitrogen and oxygen atoms in total. The molecule has 28 heavy (non-hydrogen) atoms. The molecule has 0 N–H and O–H groups in total. The average Bonchev–Trinajstić information content (AvgIpc) is 2.89. The lowest BCUT2D eigenvalue weighted by Crippen LogP contribution is -2.32. The molecule has 1 aliphatic heterocycles. The van der Waals surface area contributed by atoms with Gasteiger partial charge in [0.15, 0.2) is 0 Å². The molecule has 0 spiro atoms. The maximum atomic E-state index is 14.3. The van der Waals surface area contributed by atoms with Crippen molar-refractivity contribution >= 4 is 43.0 Å². The Kier molecular flexibility index (Phi) is 5.02. The van der Waals surface area contributed by atoms with Gasteiger partial charge in [-0.05, 0) is 29.3 Å². The van der Waals surface area contributed by atoms with Gasteiger partial charge in [-0.15, -0.1) is 0 Å². The number of halogens is 7. The third-order valence-corrected chi connectivity index (χ3v) is 8.67. The molecule has 0 amide bonds. The molecule has 2 aromatic carbocycles. The highest BCUT2D eigenvalue weighted by atomic mass is 35.5. The summed E-state index contributed by atoms with van der Waals surface area (Å²) in [6.45, 7) is 0. The largest absolute Gasteiger partial charge is 0.523 e. The Morgan fingerprint density at radius 1 is 0.929 bits per heavy atom. The average molecular weight is 463 g/mol. The van der Waals surface area contributed by atoms with Gasteiger partial charge in [0, 0.05) is 25.1 Å². The molecule has 0 bridgehead atoms. The number of fused-ring (bicyclic) bond motifs is 1. The molecule has 12 heteroatoms. The van der Waals surface area contributed by atoms with Crippen LogP contribution in [0.4, 0.5) is 26.3 Å². The fourth-order valence-corrected chi connectivity index (χ4v) is 7.37. The Morgan fingerprint density at radius 2 is 1.54 bits per heavy atom. The van der Waals surface area contributed by atoms with E-state index in [1.165, 1.54) is 36.4 Å². The molecule has 1 unspecified atom stereocenters. The fraction of sp³-hybridized carbons (Fsp3) is 0.125. The lowest BCUT2D eigenvalue weighted by Gasteiger charge is -2.39. The molecule has 0 fully saturated rings. The molecule has 0 saturated heterocycles. The Hall–Kier alpha value is -1.69. The zero-order valence-corrected chi connectivity index (χ0v) is 15.8. The van der Waals surface area contributed by atoms with Gasteiger partial charge in [0.05, 0.1) is 0 Å². The molecule has 0 aliphatic carbocycles. The first-order valence-electron chi connectivity index (χ1n) is 7.28. The van der Waals surface area contributed by atoms with E-state index >= 15 is 0 Å². The standard InChI is InChI=1S/C16H9ClF6O3S2/c17-12-7-6-11-8-13(10-4-2-1-3-5-10)27(14(11)9-12,15(18,19)20)26-28(24,25)16(21,22)23/h1-9H. The van der Waals surface area contributed by atoms with E-state index in [1.54, 1.807) is 0 Å². The van der Waals surface area contributed by atoms with Crippen molar-refractivity contribution < 1.29 is 38.4 Å². The van der Waals surface area contributed by atoms with E-state index in [-0.39, 0.29) is 16.1 Å². The minimum atomic E-state index is -6.59. The summed E-state index contributed by atoms with van der Waals surface area (Å²) in [6.07, 6.45) is 0.968. The quantitative estimate of drug-likeness (QED) is 0.396. The number of hydrogen-bond donors (Lipinski definition) is 0. The molecule has 0 aromatic heterocycles. The summed E-state index contributed by atoms with van der Waals surface area (Å²) in [5.74, 6) is 0. The lowest BCUT2D eigenvalue weighted by atomic mass is 10.1. The molecular weight excluding hydrogens is 454 g/mol. The van der Waals surface area contributed by atoms with Crippen LogP contribution in [0.1, 0.15) is 11.1 Å². The minimum Gasteiger partial charge on any atom is -0.196 e. The summed E-state index contributed by atoms with van der Waals surface area (Å²) >= 11 is 5.75. The second kappa shape index (κ2) is 6.68. The van der Waals surface area contributed by atoms with E-state index in [4.69, 9.17) is 11.6 Å². The summed E-state index contributed by atoms with van der Waals surface area (Å²) in [5, 5.41) is -0.212. The maximum Gasteiger partial charge on any atom is 0.523 e. The Morgan fingerprint density at radius 3 is 2.07 bits per heavy atom. The maximum absolute atomic E-state index is 14.3. The number of alkyl halides is 6. The van der Waals surface area contributed by atoms with Gasteiger partial charge < -0.3 is 0 Å². The molecule has 2 aromatic rings. The van der Waals surface area contributed by atoms with Gasteiger partial charge in [0.2, 0.25) is 0 Å². The molecule has 1 heterocycles. The van der Waals surface area contributed by atoms with Gasteiger partial charge >= 0.3 is 21.1 Å². The van der Waals surface area contributed by atoms with Gasteiger partial charge in [0.25, 0.3) is 0 Å². The minimum absolute atomic E-state index is 0.125. The van der Waals surface area contributed by atoms with Crippen LogP contribution < -0.4 is 0 Å². The van der Waals surface area contributed by atoms with Crippen molar-refractivity contribution in [2.45, 2.75) is 15.9 Å². The van der Waals surface area contributed by atoms with Crippen molar-refractivity contribution in [3.8, 4) is 0 Å². The van der Waals surface area contributed by atoms with Crippen LogP contribution in [0.15, 0.2) is 53.4 Å². The summed E-state index contributed by atoms with van der Waals surface area (Å²) in [6, 6.07) is 9.83. The van der Waals surface area contributed by atoms with Crippen molar-refractivity contribution in [1.82, 2.24) is 0 Å². The normalized spacial score (nSPS) is 22.3. The highest BCUT2D eigenvalue weighted by molar-refractivity contribution is 8.41. The smallest absolute Gasteiger partial charge is 0.196 e. The number of benzene rings is 2. The molecule has 0 radical (unpaired) electrons. The van der Waals surface area contributed by atoms with Crippen molar-refractivity contribution in [2.75, 3.05) is 0 Å². The van der Waals surface area contributed by atoms with E-state index in [1.807, 2.05) is 0 Å². The van der Waals surface area contributed by atoms with Gasteiger partial charge in [-0.1, -0.05) is 48.0 Å². The highest BCUT2D eigenvalue weighted by Crippen LogP contribution is 2.80. The monoisotopic (exact) mass is 462 g/mol. The van der Waals surface area contributed by atoms with Gasteiger partial charge in [0.1, 0.15) is 0 Å². The Bertz CT molecular complexity index is 1050. The third kappa shape index (κ3) is 3.30. The van der Waals surface area contributed by atoms with Crippen LogP contribution in [0.25, 0.3) is 11.0 Å². The van der Waals surface area contributed by atoms with Crippen LogP contribution in [0.2, 0.25) is 5.02 Å². The molecule has 0 saturated carbocycles. The van der Waals surface area contributed by atoms with Crippen LogP contribution in [0.3, 0.4) is 0 Å². The predicted molar refractivity (Wildman–Crippen MR) is 93.7 cm³/mol. The predicted octanol–water partition coefficient (Wildman–Crippen LogP) is 6.32. The second-order valence-corrected chi connectivity index (χ2v) is 10.3. The fourth-order valence-electron chi connectivity index (χ4n) is 2.60. The molecular formula is C16H9ClF6O3S2. The van der Waals surface area contributed by atoms with Crippen molar-refractivity contribution in [2.24, 2.45) is 0 Å². The molecule has 1 atom stereocenters. The summed E-state index contributed by atoms with van der Waals surface area (Å²) in [5.41, 5.74) is -11.8. The second-order valence-electron chi connectivity index (χ2n) is 5.53. The van der Waals surface area contributed by atoms with E-state index in [0.717, 1.165) is 18.2 Å². The van der Waals surface area contributed by atoms with E-state index in [9.17, 15) is 34.8 Å². The van der Waals surface area contributed by atoms with Crippen molar-refractivity contribution in [3.05, 3.63) is 64.7 Å². The van der Waals surface area contributed by atoms with E-state index in [0.29, 0.717) is 0 Å². The zero-order valence-electron chi connectivity index (χ0n) is 13.4. The Balaban J connectivity index is 2.37. The van der Waals surface area contributed by atoms with Crippen molar-refractivity contribution in [1.29, 1.82) is 0 Å². The third-order valence-electron chi connectivity index (χ3n) is 3.74. The first kappa shape index (κ1) is 21.0. The summed E-state index contributed by atoms with van der Waals surface area (Å²) in [7, 11) is -11.7. The molecule has 1 aliphatic rings. The van der Waals surface area contributed by atoms with Crippen LogP contribution in [0.5, 0.6) is 0 Å². The number of hydrogen-bond acceptors (Lipinski definition) is 3. The Labute approximate surface area is 162 Å². The van der Waals surface area contributed by atoms with Crippen LogP contribution in [-0.4, -0.2) is 19.4 Å². The first-order valence-corrected chi connectivity index (χ1v) is 10.6. The van der Waals surface area contributed by atoms with Gasteiger partial charge in [-0.3, -0.25) is 0 Å². The lowest BCUT2D eigenvalue weighted by molar-refractivity contribution is -0.0543. The topological polar surface area (TPSA) is 43.4 Å².